The number of carbonyl (C=O) groups is 2. The number of hydrogen-bond donors (Lipinski definition) is 2. The van der Waals surface area contributed by atoms with E-state index < -0.39 is 6.04 Å². The summed E-state index contributed by atoms with van der Waals surface area (Å²) in [5, 5.41) is 10.3. The van der Waals surface area contributed by atoms with Crippen LogP contribution in [0.2, 0.25) is 0 Å². The van der Waals surface area contributed by atoms with Gasteiger partial charge in [-0.05, 0) is 74.6 Å². The lowest BCUT2D eigenvalue weighted by Crippen LogP contribution is -2.27. The number of benzene rings is 2. The first-order chi connectivity index (χ1) is 14.3. The molecule has 0 saturated carbocycles. The first-order valence-corrected chi connectivity index (χ1v) is 10.1. The molecule has 0 bridgehead atoms. The van der Waals surface area contributed by atoms with Gasteiger partial charge >= 0.3 is 0 Å². The summed E-state index contributed by atoms with van der Waals surface area (Å²) in [5.74, 6) is -0.456. The zero-order valence-electron chi connectivity index (χ0n) is 18.1. The Labute approximate surface area is 177 Å². The highest BCUT2D eigenvalue weighted by Crippen LogP contribution is 2.22. The van der Waals surface area contributed by atoms with Gasteiger partial charge in [-0.1, -0.05) is 31.2 Å². The number of amides is 2. The Balaban J connectivity index is 1.75. The molecule has 0 unspecified atom stereocenters. The van der Waals surface area contributed by atoms with E-state index in [2.05, 4.69) is 15.7 Å². The monoisotopic (exact) mass is 404 g/mol. The normalized spacial score (nSPS) is 11.8. The molecule has 2 amide bonds. The Bertz CT molecular complexity index is 1080. The minimum absolute atomic E-state index is 0.157. The van der Waals surface area contributed by atoms with Crippen molar-refractivity contribution in [2.75, 3.05) is 10.6 Å². The average Bonchev–Trinajstić information content (AvgIpc) is 3.19. The van der Waals surface area contributed by atoms with Crippen LogP contribution in [0.25, 0.3) is 0 Å². The molecule has 2 aromatic carbocycles. The second kappa shape index (κ2) is 8.95. The predicted octanol–water partition coefficient (Wildman–Crippen LogP) is 4.96. The Morgan fingerprint density at radius 3 is 2.03 bits per heavy atom. The first kappa shape index (κ1) is 21.3. The van der Waals surface area contributed by atoms with Crippen LogP contribution in [0.4, 0.5) is 11.4 Å². The molecular formula is C24H28N4O2. The maximum absolute atomic E-state index is 12.9. The lowest BCUT2D eigenvalue weighted by molar-refractivity contribution is -0.119. The molecule has 1 aromatic heterocycles. The van der Waals surface area contributed by atoms with Gasteiger partial charge in [0.25, 0.3) is 5.91 Å². The number of anilines is 2. The van der Waals surface area contributed by atoms with Crippen molar-refractivity contribution in [3.05, 3.63) is 76.6 Å². The molecule has 1 atom stereocenters. The number of rotatable bonds is 6. The standard InChI is InChI=1S/C24H28N4O2/c1-6-22(24(30)26-20-12-8-10-16(3)18(20)5)28-14-13-21(27-28)23(29)25-19-11-7-9-15(2)17(19)4/h7-14,22H,6H2,1-5H3,(H,25,29)(H,26,30)/t22-/m1/s1. The number of nitrogens with one attached hydrogen (secondary N) is 2. The topological polar surface area (TPSA) is 76.0 Å². The number of nitrogens with zero attached hydrogens (tertiary/aromatic N) is 2. The van der Waals surface area contributed by atoms with Crippen molar-refractivity contribution < 1.29 is 9.59 Å². The van der Waals surface area contributed by atoms with Crippen LogP contribution < -0.4 is 10.6 Å². The van der Waals surface area contributed by atoms with Gasteiger partial charge in [-0.2, -0.15) is 5.10 Å². The van der Waals surface area contributed by atoms with Crippen LogP contribution in [0.3, 0.4) is 0 Å². The fourth-order valence-electron chi connectivity index (χ4n) is 3.30. The summed E-state index contributed by atoms with van der Waals surface area (Å²) in [6.07, 6.45) is 2.23. The number of carbonyl (C=O) groups excluding carboxylic acids is 2. The van der Waals surface area contributed by atoms with Crippen molar-refractivity contribution in [3.8, 4) is 0 Å². The van der Waals surface area contributed by atoms with E-state index in [9.17, 15) is 9.59 Å². The van der Waals surface area contributed by atoms with Crippen molar-refractivity contribution in [1.29, 1.82) is 0 Å². The highest BCUT2D eigenvalue weighted by molar-refractivity contribution is 6.03. The molecule has 30 heavy (non-hydrogen) atoms. The molecule has 6 nitrogen and oxygen atoms in total. The second-order valence-corrected chi connectivity index (χ2v) is 7.54. The third-order valence-electron chi connectivity index (χ3n) is 5.56. The van der Waals surface area contributed by atoms with Gasteiger partial charge < -0.3 is 10.6 Å². The lowest BCUT2D eigenvalue weighted by atomic mass is 10.1. The number of hydrogen-bond acceptors (Lipinski definition) is 3. The van der Waals surface area contributed by atoms with Crippen molar-refractivity contribution in [1.82, 2.24) is 9.78 Å². The van der Waals surface area contributed by atoms with E-state index in [-0.39, 0.29) is 17.5 Å². The Kier molecular flexibility index (Phi) is 6.35. The molecule has 0 radical (unpaired) electrons. The van der Waals surface area contributed by atoms with E-state index in [1.807, 2.05) is 71.0 Å². The minimum atomic E-state index is -0.507. The molecule has 1 heterocycles. The summed E-state index contributed by atoms with van der Waals surface area (Å²) in [6.45, 7) is 9.88. The second-order valence-electron chi connectivity index (χ2n) is 7.54. The largest absolute Gasteiger partial charge is 0.324 e. The van der Waals surface area contributed by atoms with Crippen LogP contribution in [-0.4, -0.2) is 21.6 Å². The zero-order chi connectivity index (χ0) is 21.8. The SMILES string of the molecule is CC[C@H](C(=O)Nc1cccc(C)c1C)n1ccc(C(=O)Nc2cccc(C)c2C)n1. The van der Waals surface area contributed by atoms with Crippen molar-refractivity contribution in [3.63, 3.8) is 0 Å². The molecule has 2 N–H and O–H groups in total. The molecule has 0 fully saturated rings. The van der Waals surface area contributed by atoms with Crippen LogP contribution in [0.15, 0.2) is 48.7 Å². The van der Waals surface area contributed by atoms with E-state index in [1.165, 1.54) is 0 Å². The molecule has 3 aromatic rings. The molecule has 0 spiro atoms. The van der Waals surface area contributed by atoms with E-state index in [4.69, 9.17) is 0 Å². The lowest BCUT2D eigenvalue weighted by Gasteiger charge is -2.17. The third-order valence-corrected chi connectivity index (χ3v) is 5.56. The van der Waals surface area contributed by atoms with Crippen LogP contribution in [0.1, 0.15) is 52.1 Å². The average molecular weight is 405 g/mol. The summed E-state index contributed by atoms with van der Waals surface area (Å²) in [5.41, 5.74) is 6.10. The molecule has 3 rings (SSSR count). The zero-order valence-corrected chi connectivity index (χ0v) is 18.1. The molecule has 0 aliphatic heterocycles. The summed E-state index contributed by atoms with van der Waals surface area (Å²) < 4.78 is 1.55. The van der Waals surface area contributed by atoms with E-state index >= 15 is 0 Å². The van der Waals surface area contributed by atoms with Gasteiger partial charge in [-0.25, -0.2) is 0 Å². The fraction of sp³-hybridized carbons (Fsp3) is 0.292. The van der Waals surface area contributed by atoms with Gasteiger partial charge in [0.1, 0.15) is 6.04 Å². The Hall–Kier alpha value is -3.41. The van der Waals surface area contributed by atoms with Crippen LogP contribution in [0.5, 0.6) is 0 Å². The molecule has 0 aliphatic rings. The minimum Gasteiger partial charge on any atom is -0.324 e. The van der Waals surface area contributed by atoms with Crippen LogP contribution in [-0.2, 0) is 4.79 Å². The fourth-order valence-corrected chi connectivity index (χ4v) is 3.30. The third kappa shape index (κ3) is 4.43. The highest BCUT2D eigenvalue weighted by atomic mass is 16.2. The van der Waals surface area contributed by atoms with Crippen molar-refractivity contribution >= 4 is 23.2 Å². The van der Waals surface area contributed by atoms with E-state index in [1.54, 1.807) is 16.9 Å². The van der Waals surface area contributed by atoms with Crippen LogP contribution >= 0.6 is 0 Å². The van der Waals surface area contributed by atoms with E-state index in [0.717, 1.165) is 33.6 Å². The smallest absolute Gasteiger partial charge is 0.276 e. The maximum atomic E-state index is 12.9. The van der Waals surface area contributed by atoms with Gasteiger partial charge in [-0.3, -0.25) is 14.3 Å². The quantitative estimate of drug-likeness (QED) is 0.610. The Morgan fingerprint density at radius 1 is 0.900 bits per heavy atom. The van der Waals surface area contributed by atoms with Gasteiger partial charge in [0.05, 0.1) is 0 Å². The molecule has 0 aliphatic carbocycles. The van der Waals surface area contributed by atoms with Gasteiger partial charge in [0, 0.05) is 17.6 Å². The number of aromatic nitrogens is 2. The molecule has 156 valence electrons. The summed E-state index contributed by atoms with van der Waals surface area (Å²) in [4.78, 5) is 25.5. The van der Waals surface area contributed by atoms with Gasteiger partial charge in [0.2, 0.25) is 5.91 Å². The Morgan fingerprint density at radius 2 is 1.47 bits per heavy atom. The summed E-state index contributed by atoms with van der Waals surface area (Å²) in [6, 6.07) is 12.7. The predicted molar refractivity (Wildman–Crippen MR) is 120 cm³/mol. The van der Waals surface area contributed by atoms with E-state index in [0.29, 0.717) is 6.42 Å². The molecule has 6 heteroatoms. The van der Waals surface area contributed by atoms with Crippen LogP contribution in [0, 0.1) is 27.7 Å². The number of aryl methyl sites for hydroxylation is 2. The highest BCUT2D eigenvalue weighted by Gasteiger charge is 2.22. The van der Waals surface area contributed by atoms with Gasteiger partial charge in [-0.15, -0.1) is 0 Å². The molecule has 0 saturated heterocycles. The first-order valence-electron chi connectivity index (χ1n) is 10.1. The maximum Gasteiger partial charge on any atom is 0.276 e. The van der Waals surface area contributed by atoms with Crippen molar-refractivity contribution in [2.45, 2.75) is 47.1 Å². The summed E-state index contributed by atoms with van der Waals surface area (Å²) in [7, 11) is 0. The van der Waals surface area contributed by atoms with Gasteiger partial charge in [0.15, 0.2) is 5.69 Å². The summed E-state index contributed by atoms with van der Waals surface area (Å²) >= 11 is 0. The van der Waals surface area contributed by atoms with Crippen molar-refractivity contribution in [2.24, 2.45) is 0 Å². The molecular weight excluding hydrogens is 376 g/mol.